The van der Waals surface area contributed by atoms with Crippen molar-refractivity contribution in [1.82, 2.24) is 0 Å². The maximum Gasteiger partial charge on any atom is 0.0842 e. The molecule has 0 bridgehead atoms. The van der Waals surface area contributed by atoms with Gasteiger partial charge in [-0.1, -0.05) is 24.3 Å². The average molecular weight is 391 g/mol. The quantitative estimate of drug-likeness (QED) is 0.573. The van der Waals surface area contributed by atoms with Gasteiger partial charge in [0.05, 0.1) is 19.0 Å². The first-order valence-corrected chi connectivity index (χ1v) is 13.0. The molecule has 0 aromatic rings. The third kappa shape index (κ3) is 3.94. The first kappa shape index (κ1) is 18.8. The van der Waals surface area contributed by atoms with Crippen LogP contribution in [-0.2, 0) is 10.8 Å². The van der Waals surface area contributed by atoms with E-state index in [2.05, 4.69) is 49.3 Å². The lowest BCUT2D eigenvalue weighted by molar-refractivity contribution is 0.690. The van der Waals surface area contributed by atoms with E-state index in [0.717, 1.165) is 22.7 Å². The summed E-state index contributed by atoms with van der Waals surface area (Å²) in [5.41, 5.74) is 0. The first-order valence-electron chi connectivity index (χ1n) is 6.95. The third-order valence-electron chi connectivity index (χ3n) is 3.99. The van der Waals surface area contributed by atoms with E-state index in [1.54, 1.807) is 0 Å². The number of allylic oxidation sites excluding steroid dienone is 4. The Morgan fingerprint density at radius 1 is 0.818 bits per heavy atom. The van der Waals surface area contributed by atoms with Crippen LogP contribution in [-0.4, -0.2) is 37.4 Å². The first-order chi connectivity index (χ1) is 10.5. The average Bonchev–Trinajstić information content (AvgIpc) is 2.61. The van der Waals surface area contributed by atoms with E-state index in [9.17, 15) is 4.21 Å². The zero-order chi connectivity index (χ0) is 16.2. The van der Waals surface area contributed by atoms with Gasteiger partial charge in [-0.3, -0.25) is 0 Å². The van der Waals surface area contributed by atoms with E-state index in [0.29, 0.717) is 0 Å². The van der Waals surface area contributed by atoms with Crippen molar-refractivity contribution >= 4 is 57.8 Å². The highest BCUT2D eigenvalue weighted by atomic mass is 32.2. The minimum Gasteiger partial charge on any atom is -0.249 e. The summed E-state index contributed by atoms with van der Waals surface area (Å²) >= 11 is 7.39. The highest BCUT2D eigenvalue weighted by molar-refractivity contribution is 8.18. The molecular formula is C16H22OS5. The normalized spacial score (nSPS) is 22.6. The van der Waals surface area contributed by atoms with Gasteiger partial charge >= 0.3 is 0 Å². The predicted octanol–water partition coefficient (Wildman–Crippen LogP) is 5.27. The smallest absolute Gasteiger partial charge is 0.0842 e. The zero-order valence-electron chi connectivity index (χ0n) is 13.3. The predicted molar refractivity (Wildman–Crippen MR) is 111 cm³/mol. The van der Waals surface area contributed by atoms with Crippen molar-refractivity contribution in [3.8, 4) is 0 Å². The summed E-state index contributed by atoms with van der Waals surface area (Å²) in [7, 11) is -1.06. The molecule has 122 valence electrons. The van der Waals surface area contributed by atoms with Gasteiger partial charge in [0.2, 0.25) is 0 Å². The summed E-state index contributed by atoms with van der Waals surface area (Å²) in [6, 6.07) is 0. The molecule has 22 heavy (non-hydrogen) atoms. The Kier molecular flexibility index (Phi) is 6.90. The minimum absolute atomic E-state index is 0.108. The molecule has 2 aliphatic carbocycles. The molecule has 0 aromatic carbocycles. The van der Waals surface area contributed by atoms with Crippen LogP contribution in [0.5, 0.6) is 0 Å². The van der Waals surface area contributed by atoms with E-state index in [-0.39, 0.29) is 8.16 Å². The Morgan fingerprint density at radius 2 is 1.18 bits per heavy atom. The van der Waals surface area contributed by atoms with Crippen LogP contribution in [0.4, 0.5) is 0 Å². The summed E-state index contributed by atoms with van der Waals surface area (Å²) in [4.78, 5) is 1.88. The molecule has 0 heterocycles. The van der Waals surface area contributed by atoms with Gasteiger partial charge in [0.1, 0.15) is 0 Å². The molecule has 0 unspecified atom stereocenters. The van der Waals surface area contributed by atoms with Crippen molar-refractivity contribution in [2.45, 2.75) is 21.0 Å². The summed E-state index contributed by atoms with van der Waals surface area (Å²) < 4.78 is 13.0. The van der Waals surface area contributed by atoms with Crippen molar-refractivity contribution in [2.24, 2.45) is 0 Å². The molecule has 0 fully saturated rings. The molecule has 0 aromatic heterocycles. The number of hydrogen-bond donors (Lipinski definition) is 0. The molecule has 0 N–H and O–H groups in total. The lowest BCUT2D eigenvalue weighted by atomic mass is 10.2. The van der Waals surface area contributed by atoms with Crippen LogP contribution in [0.1, 0.15) is 12.8 Å². The second kappa shape index (κ2) is 8.06. The molecule has 0 spiro atoms. The van der Waals surface area contributed by atoms with Crippen LogP contribution in [0.15, 0.2) is 46.3 Å². The van der Waals surface area contributed by atoms with Crippen LogP contribution >= 0.6 is 47.0 Å². The molecule has 0 saturated carbocycles. The Hall–Kier alpha value is 0.510. The van der Waals surface area contributed by atoms with E-state index < -0.39 is 10.8 Å². The third-order valence-corrected chi connectivity index (χ3v) is 11.4. The van der Waals surface area contributed by atoms with E-state index in [1.807, 2.05) is 59.2 Å². The number of thioether (sulfide) groups is 4. The van der Waals surface area contributed by atoms with Crippen LogP contribution in [0.2, 0.25) is 0 Å². The summed E-state index contributed by atoms with van der Waals surface area (Å²) in [5, 5.41) is 0. The van der Waals surface area contributed by atoms with Gasteiger partial charge in [-0.2, -0.15) is 0 Å². The van der Waals surface area contributed by atoms with Gasteiger partial charge < -0.3 is 0 Å². The van der Waals surface area contributed by atoms with Crippen LogP contribution in [0.25, 0.3) is 0 Å². The van der Waals surface area contributed by atoms with Crippen LogP contribution < -0.4 is 0 Å². The largest absolute Gasteiger partial charge is 0.249 e. The van der Waals surface area contributed by atoms with Gasteiger partial charge in [-0.25, -0.2) is 4.21 Å². The molecule has 0 radical (unpaired) electrons. The minimum atomic E-state index is -1.06. The molecule has 6 heteroatoms. The fourth-order valence-electron chi connectivity index (χ4n) is 2.36. The Morgan fingerprint density at radius 3 is 1.41 bits per heavy atom. The fraction of sp³-hybridized carbons (Fsp3) is 0.500. The Bertz CT molecular complexity index is 503. The Labute approximate surface area is 153 Å². The standard InChI is InChI=1S/C16H22OS5/c1-18-15(19-2)9-5-13(6-10-15)22(17)14-7-11-16(20-3,21-4)12-8-14/h5-9,11H,10,12H2,1-4H3. The molecule has 0 atom stereocenters. The van der Waals surface area contributed by atoms with Crippen molar-refractivity contribution < 1.29 is 4.21 Å². The number of rotatable bonds is 6. The van der Waals surface area contributed by atoms with Crippen molar-refractivity contribution in [2.75, 3.05) is 25.0 Å². The molecule has 1 nitrogen and oxygen atoms in total. The molecule has 0 aliphatic heterocycles. The SMILES string of the molecule is CSC1(SC)C=CC(S(=O)C2=CCC(SC)(SC)C=C2)=CC1. The monoisotopic (exact) mass is 390 g/mol. The highest BCUT2D eigenvalue weighted by Gasteiger charge is 2.30. The molecule has 0 amide bonds. The Balaban J connectivity index is 2.09. The maximum atomic E-state index is 12.8. The molecule has 2 aliphatic rings. The molecular weight excluding hydrogens is 369 g/mol. The van der Waals surface area contributed by atoms with E-state index in [1.165, 1.54) is 0 Å². The zero-order valence-corrected chi connectivity index (χ0v) is 17.4. The van der Waals surface area contributed by atoms with Crippen molar-refractivity contribution in [3.05, 3.63) is 46.3 Å². The van der Waals surface area contributed by atoms with Crippen LogP contribution in [0, 0.1) is 0 Å². The molecule has 0 saturated heterocycles. The lowest BCUT2D eigenvalue weighted by Crippen LogP contribution is -2.20. The maximum absolute atomic E-state index is 12.8. The van der Waals surface area contributed by atoms with Crippen molar-refractivity contribution in [1.29, 1.82) is 0 Å². The van der Waals surface area contributed by atoms with Gasteiger partial charge in [0, 0.05) is 9.81 Å². The van der Waals surface area contributed by atoms with Crippen LogP contribution in [0.3, 0.4) is 0 Å². The van der Waals surface area contributed by atoms with Gasteiger partial charge in [0.15, 0.2) is 0 Å². The second-order valence-corrected chi connectivity index (χ2v) is 11.5. The lowest BCUT2D eigenvalue weighted by Gasteiger charge is -2.29. The van der Waals surface area contributed by atoms with E-state index >= 15 is 0 Å². The van der Waals surface area contributed by atoms with Gasteiger partial charge in [-0.15, -0.1) is 47.0 Å². The highest BCUT2D eigenvalue weighted by Crippen LogP contribution is 2.44. The van der Waals surface area contributed by atoms with E-state index in [4.69, 9.17) is 0 Å². The molecule has 2 rings (SSSR count). The summed E-state index contributed by atoms with van der Waals surface area (Å²) in [6.45, 7) is 0. The fourth-order valence-corrected chi connectivity index (χ4v) is 6.63. The second-order valence-electron chi connectivity index (χ2n) is 5.00. The summed E-state index contributed by atoms with van der Waals surface area (Å²) in [5.74, 6) is 0. The number of hydrogen-bond acceptors (Lipinski definition) is 5. The van der Waals surface area contributed by atoms with Gasteiger partial charge in [-0.05, 0) is 50.0 Å². The summed E-state index contributed by atoms with van der Waals surface area (Å²) in [6.07, 6.45) is 23.2. The van der Waals surface area contributed by atoms with Gasteiger partial charge in [0.25, 0.3) is 0 Å². The van der Waals surface area contributed by atoms with Crippen molar-refractivity contribution in [3.63, 3.8) is 0 Å². The topological polar surface area (TPSA) is 17.1 Å².